The van der Waals surface area contributed by atoms with Crippen LogP contribution in [-0.2, 0) is 4.79 Å². The maximum absolute atomic E-state index is 11.3. The highest BCUT2D eigenvalue weighted by molar-refractivity contribution is 5.92. The molecule has 0 aliphatic rings. The van der Waals surface area contributed by atoms with E-state index in [1.165, 1.54) is 0 Å². The Labute approximate surface area is 95.3 Å². The van der Waals surface area contributed by atoms with E-state index in [-0.39, 0.29) is 12.5 Å². The molecule has 1 rings (SSSR count). The Morgan fingerprint density at radius 2 is 2.38 bits per heavy atom. The lowest BCUT2D eigenvalue weighted by atomic mass is 10.3. The van der Waals surface area contributed by atoms with Crippen LogP contribution in [-0.4, -0.2) is 26.1 Å². The largest absolute Gasteiger partial charge is 0.489 e. The second-order valence-corrected chi connectivity index (χ2v) is 3.21. The standard InChI is InChI=1S/C12H16N2O2/c1-3-7-16-11-6-4-5-10(8-11)14-12(15)9-13-2/h3-6,8,13H,1,7,9H2,2H3,(H,14,15). The minimum Gasteiger partial charge on any atom is -0.489 e. The molecule has 4 nitrogen and oxygen atoms in total. The van der Waals surface area contributed by atoms with Crippen LogP contribution in [0.5, 0.6) is 5.75 Å². The Morgan fingerprint density at radius 1 is 1.56 bits per heavy atom. The Balaban J connectivity index is 2.59. The van der Waals surface area contributed by atoms with Crippen LogP contribution in [0.2, 0.25) is 0 Å². The van der Waals surface area contributed by atoms with Crippen molar-refractivity contribution in [3.63, 3.8) is 0 Å². The van der Waals surface area contributed by atoms with Crippen molar-refractivity contribution in [1.82, 2.24) is 5.32 Å². The molecule has 0 aromatic heterocycles. The van der Waals surface area contributed by atoms with Gasteiger partial charge in [0.05, 0.1) is 6.54 Å². The minimum atomic E-state index is -0.0802. The van der Waals surface area contributed by atoms with Crippen LogP contribution in [0.4, 0.5) is 5.69 Å². The molecule has 0 saturated heterocycles. The Morgan fingerprint density at radius 3 is 3.06 bits per heavy atom. The van der Waals surface area contributed by atoms with Crippen molar-refractivity contribution >= 4 is 11.6 Å². The van der Waals surface area contributed by atoms with Crippen LogP contribution in [0.3, 0.4) is 0 Å². The average Bonchev–Trinajstić information content (AvgIpc) is 2.27. The number of hydrogen-bond acceptors (Lipinski definition) is 3. The van der Waals surface area contributed by atoms with Gasteiger partial charge in [-0.2, -0.15) is 0 Å². The molecule has 0 atom stereocenters. The van der Waals surface area contributed by atoms with Gasteiger partial charge < -0.3 is 15.4 Å². The molecule has 0 radical (unpaired) electrons. The monoisotopic (exact) mass is 220 g/mol. The van der Waals surface area contributed by atoms with Crippen molar-refractivity contribution in [2.75, 3.05) is 25.5 Å². The lowest BCUT2D eigenvalue weighted by Gasteiger charge is -2.07. The summed E-state index contributed by atoms with van der Waals surface area (Å²) in [6.07, 6.45) is 1.67. The second-order valence-electron chi connectivity index (χ2n) is 3.21. The van der Waals surface area contributed by atoms with Gasteiger partial charge in [-0.15, -0.1) is 0 Å². The average molecular weight is 220 g/mol. The van der Waals surface area contributed by atoms with Crippen LogP contribution < -0.4 is 15.4 Å². The molecule has 1 aromatic carbocycles. The predicted octanol–water partition coefficient (Wildman–Crippen LogP) is 1.41. The van der Waals surface area contributed by atoms with E-state index < -0.39 is 0 Å². The molecule has 0 bridgehead atoms. The first kappa shape index (κ1) is 12.3. The maximum atomic E-state index is 11.3. The van der Waals surface area contributed by atoms with Crippen LogP contribution in [0.1, 0.15) is 0 Å². The molecular formula is C12H16N2O2. The highest BCUT2D eigenvalue weighted by atomic mass is 16.5. The summed E-state index contributed by atoms with van der Waals surface area (Å²) in [6, 6.07) is 7.25. The van der Waals surface area contributed by atoms with Crippen LogP contribution in [0, 0.1) is 0 Å². The Hall–Kier alpha value is -1.81. The van der Waals surface area contributed by atoms with E-state index in [1.54, 1.807) is 19.2 Å². The van der Waals surface area contributed by atoms with Gasteiger partial charge in [0.25, 0.3) is 0 Å². The third-order valence-electron chi connectivity index (χ3n) is 1.82. The maximum Gasteiger partial charge on any atom is 0.238 e. The lowest BCUT2D eigenvalue weighted by molar-refractivity contribution is -0.115. The smallest absolute Gasteiger partial charge is 0.238 e. The van der Waals surface area contributed by atoms with E-state index in [1.807, 2.05) is 18.2 Å². The molecule has 0 spiro atoms. The first-order chi connectivity index (χ1) is 7.76. The molecule has 4 heteroatoms. The fraction of sp³-hybridized carbons (Fsp3) is 0.250. The van der Waals surface area contributed by atoms with E-state index in [4.69, 9.17) is 4.74 Å². The SMILES string of the molecule is C=CCOc1cccc(NC(=O)CNC)c1. The molecule has 16 heavy (non-hydrogen) atoms. The summed E-state index contributed by atoms with van der Waals surface area (Å²) >= 11 is 0. The number of nitrogens with one attached hydrogen (secondary N) is 2. The summed E-state index contributed by atoms with van der Waals surface area (Å²) in [4.78, 5) is 11.3. The molecule has 0 aliphatic heterocycles. The van der Waals surface area contributed by atoms with E-state index in [0.29, 0.717) is 12.4 Å². The van der Waals surface area contributed by atoms with E-state index in [0.717, 1.165) is 5.69 Å². The topological polar surface area (TPSA) is 50.4 Å². The highest BCUT2D eigenvalue weighted by Crippen LogP contribution is 2.17. The molecule has 0 saturated carbocycles. The van der Waals surface area contributed by atoms with Crippen LogP contribution in [0.25, 0.3) is 0 Å². The van der Waals surface area contributed by atoms with Gasteiger partial charge in [0.2, 0.25) is 5.91 Å². The van der Waals surface area contributed by atoms with Crippen molar-refractivity contribution in [3.05, 3.63) is 36.9 Å². The molecular weight excluding hydrogens is 204 g/mol. The van der Waals surface area contributed by atoms with Gasteiger partial charge in [-0.3, -0.25) is 4.79 Å². The molecule has 86 valence electrons. The van der Waals surface area contributed by atoms with Gasteiger partial charge in [-0.25, -0.2) is 0 Å². The number of anilines is 1. The molecule has 0 aliphatic carbocycles. The summed E-state index contributed by atoms with van der Waals surface area (Å²) in [6.45, 7) is 4.31. The number of amides is 1. The van der Waals surface area contributed by atoms with Crippen molar-refractivity contribution in [1.29, 1.82) is 0 Å². The summed E-state index contributed by atoms with van der Waals surface area (Å²) in [7, 11) is 1.73. The van der Waals surface area contributed by atoms with Crippen molar-refractivity contribution in [2.24, 2.45) is 0 Å². The van der Waals surface area contributed by atoms with Crippen molar-refractivity contribution in [3.8, 4) is 5.75 Å². The summed E-state index contributed by atoms with van der Waals surface area (Å²) < 4.78 is 5.35. The van der Waals surface area contributed by atoms with Crippen LogP contribution in [0.15, 0.2) is 36.9 Å². The zero-order chi connectivity index (χ0) is 11.8. The number of carbonyl (C=O) groups excluding carboxylic acids is 1. The Kier molecular flexibility index (Phi) is 5.08. The first-order valence-electron chi connectivity index (χ1n) is 5.04. The van der Waals surface area contributed by atoms with Gasteiger partial charge in [-0.05, 0) is 19.2 Å². The normalized spacial score (nSPS) is 9.56. The quantitative estimate of drug-likeness (QED) is 0.713. The fourth-order valence-electron chi connectivity index (χ4n) is 1.18. The van der Waals surface area contributed by atoms with Gasteiger partial charge in [0.1, 0.15) is 12.4 Å². The third-order valence-corrected chi connectivity index (χ3v) is 1.82. The number of hydrogen-bond donors (Lipinski definition) is 2. The van der Waals surface area contributed by atoms with Gasteiger partial charge in [0, 0.05) is 11.8 Å². The van der Waals surface area contributed by atoms with Crippen LogP contribution >= 0.6 is 0 Å². The number of likely N-dealkylation sites (N-methyl/N-ethyl adjacent to an activating group) is 1. The van der Waals surface area contributed by atoms with E-state index >= 15 is 0 Å². The molecule has 2 N–H and O–H groups in total. The summed E-state index contributed by atoms with van der Waals surface area (Å²) in [5.74, 6) is 0.630. The van der Waals surface area contributed by atoms with Gasteiger partial charge >= 0.3 is 0 Å². The third kappa shape index (κ3) is 4.14. The van der Waals surface area contributed by atoms with Crippen molar-refractivity contribution in [2.45, 2.75) is 0 Å². The number of carbonyl (C=O) groups is 1. The highest BCUT2D eigenvalue weighted by Gasteiger charge is 2.01. The number of rotatable bonds is 6. The van der Waals surface area contributed by atoms with E-state index in [2.05, 4.69) is 17.2 Å². The second kappa shape index (κ2) is 6.63. The summed E-state index contributed by atoms with van der Waals surface area (Å²) in [5, 5.41) is 5.53. The fourth-order valence-corrected chi connectivity index (χ4v) is 1.18. The zero-order valence-electron chi connectivity index (χ0n) is 9.32. The molecule has 1 amide bonds. The minimum absolute atomic E-state index is 0.0802. The van der Waals surface area contributed by atoms with Gasteiger partial charge in [0.15, 0.2) is 0 Å². The lowest BCUT2D eigenvalue weighted by Crippen LogP contribution is -2.24. The molecule has 0 heterocycles. The molecule has 0 fully saturated rings. The summed E-state index contributed by atoms with van der Waals surface area (Å²) in [5.41, 5.74) is 0.724. The number of benzene rings is 1. The van der Waals surface area contributed by atoms with Crippen molar-refractivity contribution < 1.29 is 9.53 Å². The Bertz CT molecular complexity index is 364. The predicted molar refractivity (Wildman–Crippen MR) is 64.7 cm³/mol. The van der Waals surface area contributed by atoms with Gasteiger partial charge in [-0.1, -0.05) is 18.7 Å². The molecule has 1 aromatic rings. The first-order valence-corrected chi connectivity index (χ1v) is 5.04. The number of ether oxygens (including phenoxy) is 1. The molecule has 0 unspecified atom stereocenters. The zero-order valence-corrected chi connectivity index (χ0v) is 9.32. The van der Waals surface area contributed by atoms with E-state index in [9.17, 15) is 4.79 Å².